The lowest BCUT2D eigenvalue weighted by Gasteiger charge is -2.08. The van der Waals surface area contributed by atoms with Crippen LogP contribution in [-0.2, 0) is 0 Å². The van der Waals surface area contributed by atoms with Crippen LogP contribution in [0.15, 0.2) is 90.0 Å². The summed E-state index contributed by atoms with van der Waals surface area (Å²) in [4.78, 5) is 29.1. The molecule has 0 radical (unpaired) electrons. The molecule has 5 rings (SSSR count). The van der Waals surface area contributed by atoms with Crippen molar-refractivity contribution in [2.75, 3.05) is 0 Å². The van der Waals surface area contributed by atoms with Crippen molar-refractivity contribution in [3.63, 3.8) is 0 Å². The van der Waals surface area contributed by atoms with E-state index in [-0.39, 0.29) is 5.69 Å². The second-order valence-electron chi connectivity index (χ2n) is 8.66. The number of aryl methyl sites for hydroxylation is 1. The lowest BCUT2D eigenvalue weighted by atomic mass is 10.0. The molecule has 0 aliphatic carbocycles. The van der Waals surface area contributed by atoms with E-state index in [1.807, 2.05) is 19.1 Å². The van der Waals surface area contributed by atoms with Gasteiger partial charge in [-0.25, -0.2) is 10.2 Å². The molecule has 1 amide bonds. The van der Waals surface area contributed by atoms with Crippen molar-refractivity contribution >= 4 is 63.8 Å². The van der Waals surface area contributed by atoms with E-state index in [1.54, 1.807) is 72.8 Å². The van der Waals surface area contributed by atoms with Gasteiger partial charge in [-0.15, -0.1) is 0 Å². The number of hydrazone groups is 1. The summed E-state index contributed by atoms with van der Waals surface area (Å²) in [6.45, 7) is 1.90. The van der Waals surface area contributed by atoms with Crippen molar-refractivity contribution in [2.24, 2.45) is 5.10 Å². The standard InChI is InChI=1S/C30H20Cl3N3O3/c1-17-7-6-9-18(13-17)30(38)39-25-12-5-2-8-19(25)16-34-36-29(37)28-26(21-10-3-4-11-23(21)32)22-14-20(31)15-24(33)27(22)35-28/h2-16,35H,1H3,(H,36,37). The topological polar surface area (TPSA) is 83.5 Å². The largest absolute Gasteiger partial charge is 0.422 e. The van der Waals surface area contributed by atoms with E-state index in [4.69, 9.17) is 39.5 Å². The zero-order valence-corrected chi connectivity index (χ0v) is 22.7. The van der Waals surface area contributed by atoms with Gasteiger partial charge in [0.25, 0.3) is 5.91 Å². The van der Waals surface area contributed by atoms with E-state index in [9.17, 15) is 9.59 Å². The Bertz CT molecular complexity index is 1760. The minimum atomic E-state index is -0.529. The van der Waals surface area contributed by atoms with Gasteiger partial charge < -0.3 is 9.72 Å². The quantitative estimate of drug-likeness (QED) is 0.0927. The molecule has 0 fully saturated rings. The molecule has 9 heteroatoms. The second-order valence-corrected chi connectivity index (χ2v) is 9.91. The molecule has 0 saturated heterocycles. The molecule has 39 heavy (non-hydrogen) atoms. The number of halogens is 3. The predicted molar refractivity (Wildman–Crippen MR) is 156 cm³/mol. The number of fused-ring (bicyclic) bond motifs is 1. The number of hydrogen-bond acceptors (Lipinski definition) is 4. The molecule has 0 aliphatic rings. The second kappa shape index (κ2) is 11.3. The number of aromatic nitrogens is 1. The number of rotatable bonds is 6. The van der Waals surface area contributed by atoms with Gasteiger partial charge in [0.05, 0.1) is 22.3 Å². The monoisotopic (exact) mass is 575 g/mol. The summed E-state index contributed by atoms with van der Waals surface area (Å²) >= 11 is 19.2. The summed E-state index contributed by atoms with van der Waals surface area (Å²) in [5.41, 5.74) is 6.32. The van der Waals surface area contributed by atoms with Gasteiger partial charge in [0.1, 0.15) is 11.4 Å². The van der Waals surface area contributed by atoms with Crippen LogP contribution in [0.3, 0.4) is 0 Å². The van der Waals surface area contributed by atoms with E-state index in [2.05, 4.69) is 15.5 Å². The fourth-order valence-corrected chi connectivity index (χ4v) is 4.93. The number of benzene rings is 4. The van der Waals surface area contributed by atoms with Gasteiger partial charge in [0, 0.05) is 32.1 Å². The maximum absolute atomic E-state index is 13.3. The van der Waals surface area contributed by atoms with E-state index in [0.29, 0.717) is 54.0 Å². The van der Waals surface area contributed by atoms with Gasteiger partial charge in [-0.2, -0.15) is 5.10 Å². The Morgan fingerprint density at radius 1 is 0.897 bits per heavy atom. The number of H-pyrrole nitrogens is 1. The number of hydrogen-bond donors (Lipinski definition) is 2. The number of para-hydroxylation sites is 1. The molecule has 6 nitrogen and oxygen atoms in total. The average Bonchev–Trinajstić information content (AvgIpc) is 3.29. The first-order valence-electron chi connectivity index (χ1n) is 11.8. The smallest absolute Gasteiger partial charge is 0.343 e. The van der Waals surface area contributed by atoms with E-state index < -0.39 is 11.9 Å². The van der Waals surface area contributed by atoms with Crippen LogP contribution in [0, 0.1) is 6.92 Å². The van der Waals surface area contributed by atoms with Crippen molar-refractivity contribution in [1.82, 2.24) is 10.4 Å². The highest BCUT2D eigenvalue weighted by Crippen LogP contribution is 2.40. The van der Waals surface area contributed by atoms with Gasteiger partial charge in [-0.1, -0.05) is 82.8 Å². The van der Waals surface area contributed by atoms with Crippen LogP contribution in [0.1, 0.15) is 32.0 Å². The number of amides is 1. The fraction of sp³-hybridized carbons (Fsp3) is 0.0333. The molecule has 0 saturated carbocycles. The molecular formula is C30H20Cl3N3O3. The predicted octanol–water partition coefficient (Wildman–Crippen LogP) is 8.09. The number of carbonyl (C=O) groups is 2. The number of ether oxygens (including phenoxy) is 1. The van der Waals surface area contributed by atoms with Crippen LogP contribution >= 0.6 is 34.8 Å². The SMILES string of the molecule is Cc1cccc(C(=O)Oc2ccccc2C=NNC(=O)c2[nH]c3c(Cl)cc(Cl)cc3c2-c2ccccc2Cl)c1. The molecule has 0 atom stereocenters. The lowest BCUT2D eigenvalue weighted by Crippen LogP contribution is -2.19. The third-order valence-electron chi connectivity index (χ3n) is 5.94. The first-order chi connectivity index (χ1) is 18.8. The van der Waals surface area contributed by atoms with E-state index >= 15 is 0 Å². The Kier molecular flexibility index (Phi) is 7.70. The number of nitrogens with one attached hydrogen (secondary N) is 2. The van der Waals surface area contributed by atoms with Gasteiger partial charge in [-0.3, -0.25) is 4.79 Å². The van der Waals surface area contributed by atoms with Crippen molar-refractivity contribution < 1.29 is 14.3 Å². The fourth-order valence-electron chi connectivity index (χ4n) is 4.16. The maximum atomic E-state index is 13.3. The van der Waals surface area contributed by atoms with Crippen LogP contribution in [0.5, 0.6) is 5.75 Å². The Morgan fingerprint density at radius 2 is 1.67 bits per heavy atom. The van der Waals surface area contributed by atoms with Crippen molar-refractivity contribution in [3.8, 4) is 16.9 Å². The summed E-state index contributed by atoms with van der Waals surface area (Å²) in [5.74, 6) is -0.730. The molecule has 5 aromatic rings. The molecule has 194 valence electrons. The number of aromatic amines is 1. The molecule has 4 aromatic carbocycles. The summed E-state index contributed by atoms with van der Waals surface area (Å²) in [5, 5.41) is 5.99. The molecular weight excluding hydrogens is 557 g/mol. The van der Waals surface area contributed by atoms with Gasteiger partial charge >= 0.3 is 5.97 Å². The highest BCUT2D eigenvalue weighted by Gasteiger charge is 2.22. The molecule has 0 spiro atoms. The van der Waals surface area contributed by atoms with Crippen LogP contribution in [0.25, 0.3) is 22.0 Å². The molecule has 0 aliphatic heterocycles. The average molecular weight is 577 g/mol. The van der Waals surface area contributed by atoms with Gasteiger partial charge in [0.2, 0.25) is 0 Å². The van der Waals surface area contributed by atoms with Gasteiger partial charge in [-0.05, 0) is 49.4 Å². The maximum Gasteiger partial charge on any atom is 0.343 e. The highest BCUT2D eigenvalue weighted by atomic mass is 35.5. The molecule has 1 heterocycles. The Balaban J connectivity index is 1.43. The highest BCUT2D eigenvalue weighted by molar-refractivity contribution is 6.39. The first-order valence-corrected chi connectivity index (χ1v) is 12.9. The molecule has 0 unspecified atom stereocenters. The Morgan fingerprint density at radius 3 is 2.46 bits per heavy atom. The first kappa shape index (κ1) is 26.5. The van der Waals surface area contributed by atoms with Crippen molar-refractivity contribution in [1.29, 1.82) is 0 Å². The number of carbonyl (C=O) groups excluding carboxylic acids is 2. The molecule has 0 bridgehead atoms. The van der Waals surface area contributed by atoms with Crippen molar-refractivity contribution in [3.05, 3.63) is 122 Å². The van der Waals surface area contributed by atoms with Crippen LogP contribution < -0.4 is 10.2 Å². The summed E-state index contributed by atoms with van der Waals surface area (Å²) in [6, 6.07) is 24.5. The zero-order chi connectivity index (χ0) is 27.5. The Labute approximate surface area is 239 Å². The van der Waals surface area contributed by atoms with Crippen LogP contribution in [-0.4, -0.2) is 23.1 Å². The zero-order valence-electron chi connectivity index (χ0n) is 20.5. The van der Waals surface area contributed by atoms with Crippen LogP contribution in [0.4, 0.5) is 0 Å². The van der Waals surface area contributed by atoms with E-state index in [0.717, 1.165) is 5.56 Å². The molecule has 1 aromatic heterocycles. The normalized spacial score (nSPS) is 11.2. The summed E-state index contributed by atoms with van der Waals surface area (Å²) < 4.78 is 5.59. The Hall–Kier alpha value is -4.10. The van der Waals surface area contributed by atoms with Crippen LogP contribution in [0.2, 0.25) is 15.1 Å². The van der Waals surface area contributed by atoms with Crippen molar-refractivity contribution in [2.45, 2.75) is 6.92 Å². The summed E-state index contributed by atoms with van der Waals surface area (Å²) in [7, 11) is 0. The minimum absolute atomic E-state index is 0.207. The third-order valence-corrected chi connectivity index (χ3v) is 6.79. The van der Waals surface area contributed by atoms with E-state index in [1.165, 1.54) is 6.21 Å². The van der Waals surface area contributed by atoms with Gasteiger partial charge in [0.15, 0.2) is 0 Å². The third kappa shape index (κ3) is 5.68. The number of nitrogens with zero attached hydrogens (tertiary/aromatic N) is 1. The minimum Gasteiger partial charge on any atom is -0.422 e. The summed E-state index contributed by atoms with van der Waals surface area (Å²) in [6.07, 6.45) is 1.40. The number of esters is 1. The lowest BCUT2D eigenvalue weighted by molar-refractivity contribution is 0.0734. The molecule has 2 N–H and O–H groups in total.